The van der Waals surface area contributed by atoms with Crippen molar-refractivity contribution in [2.24, 2.45) is 4.99 Å². The number of carbonyl (C=O) groups excluding carboxylic acids is 1. The zero-order chi connectivity index (χ0) is 26.3. The van der Waals surface area contributed by atoms with Crippen molar-refractivity contribution in [3.8, 4) is 0 Å². The molecule has 1 unspecified atom stereocenters. The molecule has 0 spiro atoms. The first-order chi connectivity index (χ1) is 16.8. The molecule has 4 rings (SSSR count). The van der Waals surface area contributed by atoms with Gasteiger partial charge in [-0.25, -0.2) is 9.38 Å². The maximum absolute atomic E-state index is 14.2. The van der Waals surface area contributed by atoms with Crippen LogP contribution in [0.1, 0.15) is 35.2 Å². The molecule has 2 aromatic rings. The van der Waals surface area contributed by atoms with Gasteiger partial charge in [-0.15, -0.1) is 0 Å². The summed E-state index contributed by atoms with van der Waals surface area (Å²) in [6.07, 6.45) is -11.3. The van der Waals surface area contributed by atoms with Crippen LogP contribution in [0.3, 0.4) is 0 Å². The van der Waals surface area contributed by atoms with Gasteiger partial charge < -0.3 is 15.1 Å². The van der Waals surface area contributed by atoms with Crippen LogP contribution in [0.15, 0.2) is 53.5 Å². The van der Waals surface area contributed by atoms with E-state index in [9.17, 15) is 35.5 Å². The van der Waals surface area contributed by atoms with E-state index < -0.39 is 41.6 Å². The van der Waals surface area contributed by atoms with E-state index in [-0.39, 0.29) is 11.1 Å². The molecule has 36 heavy (non-hydrogen) atoms. The number of hydrogen-bond acceptors (Lipinski definition) is 4. The first kappa shape index (κ1) is 25.8. The molecule has 2 aromatic carbocycles. The Hall–Kier alpha value is -3.31. The largest absolute Gasteiger partial charge is 0.426 e. The minimum absolute atomic E-state index is 0.0367. The third-order valence-electron chi connectivity index (χ3n) is 6.48. The molecule has 1 N–H and O–H groups in total. The number of likely N-dealkylation sites (N-methyl/N-ethyl adjacent to an activating group) is 1. The van der Waals surface area contributed by atoms with Gasteiger partial charge in [-0.3, -0.25) is 4.79 Å². The summed E-state index contributed by atoms with van der Waals surface area (Å²) in [5.74, 6) is -2.52. The molecule has 2 aliphatic heterocycles. The van der Waals surface area contributed by atoms with Crippen LogP contribution in [0, 0.1) is 5.82 Å². The van der Waals surface area contributed by atoms with E-state index >= 15 is 0 Å². The summed E-state index contributed by atoms with van der Waals surface area (Å²) >= 11 is 0. The number of carbonyl (C=O) groups is 1. The van der Waals surface area contributed by atoms with E-state index in [1.54, 1.807) is 12.1 Å². The zero-order valence-electron chi connectivity index (χ0n) is 19.1. The van der Waals surface area contributed by atoms with Gasteiger partial charge in [0.2, 0.25) is 0 Å². The van der Waals surface area contributed by atoms with Gasteiger partial charge >= 0.3 is 12.4 Å². The second kappa shape index (κ2) is 9.29. The first-order valence-corrected chi connectivity index (χ1v) is 11.2. The lowest BCUT2D eigenvalue weighted by Crippen LogP contribution is -2.68. The van der Waals surface area contributed by atoms with Gasteiger partial charge in [-0.2, -0.15) is 26.3 Å². The number of benzene rings is 2. The molecule has 5 nitrogen and oxygen atoms in total. The van der Waals surface area contributed by atoms with Crippen LogP contribution in [0.2, 0.25) is 0 Å². The lowest BCUT2D eigenvalue weighted by molar-refractivity contribution is -0.304. The van der Waals surface area contributed by atoms with E-state index in [1.165, 1.54) is 12.1 Å². The summed E-state index contributed by atoms with van der Waals surface area (Å²) in [4.78, 5) is 18.6. The normalized spacial score (nSPS) is 20.3. The van der Waals surface area contributed by atoms with Crippen molar-refractivity contribution in [1.29, 1.82) is 0 Å². The van der Waals surface area contributed by atoms with Crippen LogP contribution in [-0.4, -0.2) is 60.8 Å². The third-order valence-corrected chi connectivity index (χ3v) is 6.48. The van der Waals surface area contributed by atoms with Crippen LogP contribution in [0.5, 0.6) is 0 Å². The third kappa shape index (κ3) is 4.48. The molecule has 0 bridgehead atoms. The Morgan fingerprint density at radius 1 is 0.917 bits per heavy atom. The predicted octanol–water partition coefficient (Wildman–Crippen LogP) is 5.13. The Bertz CT molecular complexity index is 1110. The lowest BCUT2D eigenvalue weighted by atomic mass is 9.94. The zero-order valence-corrected chi connectivity index (χ0v) is 19.1. The van der Waals surface area contributed by atoms with Gasteiger partial charge in [0, 0.05) is 37.0 Å². The number of alkyl halides is 6. The molecule has 0 aliphatic carbocycles. The molecule has 0 saturated carbocycles. The van der Waals surface area contributed by atoms with Crippen LogP contribution >= 0.6 is 0 Å². The summed E-state index contributed by atoms with van der Waals surface area (Å²) in [5, 5.41) is 1.83. The fourth-order valence-corrected chi connectivity index (χ4v) is 4.56. The molecule has 1 fully saturated rings. The Labute approximate surface area is 202 Å². The number of nitrogens with zero attached hydrogens (tertiary/aromatic N) is 3. The minimum atomic E-state index is -5.89. The summed E-state index contributed by atoms with van der Waals surface area (Å²) in [7, 11) is 1.01. The molecule has 1 atom stereocenters. The highest BCUT2D eigenvalue weighted by Gasteiger charge is 2.78. The number of aliphatic imine (C=N–C) groups is 1. The van der Waals surface area contributed by atoms with Gasteiger partial charge in [0.25, 0.3) is 11.4 Å². The highest BCUT2D eigenvalue weighted by atomic mass is 19.4. The monoisotopic (exact) mass is 516 g/mol. The quantitative estimate of drug-likeness (QED) is 0.574. The van der Waals surface area contributed by atoms with Crippen molar-refractivity contribution in [1.82, 2.24) is 10.2 Å². The van der Waals surface area contributed by atoms with Crippen molar-refractivity contribution >= 4 is 17.4 Å². The SMILES string of the molecule is CN1C(c2ccc(N3CCCCC3)cc2)=NC(C(F)(F)F)(C(F)(F)F)C1NC(=O)c1ccc(F)cc1. The predicted molar refractivity (Wildman–Crippen MR) is 119 cm³/mol. The summed E-state index contributed by atoms with van der Waals surface area (Å²) < 4.78 is 98.2. The van der Waals surface area contributed by atoms with Crippen LogP contribution in [0.25, 0.3) is 0 Å². The van der Waals surface area contributed by atoms with E-state index in [4.69, 9.17) is 0 Å². The number of nitrogens with one attached hydrogen (secondary N) is 1. The molecule has 2 heterocycles. The molecule has 0 radical (unpaired) electrons. The van der Waals surface area contributed by atoms with Crippen LogP contribution in [-0.2, 0) is 0 Å². The van der Waals surface area contributed by atoms with E-state index in [0.717, 1.165) is 69.4 Å². The van der Waals surface area contributed by atoms with E-state index in [2.05, 4.69) is 9.89 Å². The second-order valence-corrected chi connectivity index (χ2v) is 8.79. The molecule has 0 aromatic heterocycles. The smallest absolute Gasteiger partial charge is 0.372 e. The fourth-order valence-electron chi connectivity index (χ4n) is 4.56. The Morgan fingerprint density at radius 3 is 2.00 bits per heavy atom. The van der Waals surface area contributed by atoms with E-state index in [1.807, 2.05) is 5.32 Å². The van der Waals surface area contributed by atoms with Gasteiger partial charge in [0.1, 0.15) is 17.8 Å². The molecule has 2 aliphatic rings. The molecule has 1 amide bonds. The number of amides is 1. The lowest BCUT2D eigenvalue weighted by Gasteiger charge is -2.38. The molecule has 194 valence electrons. The van der Waals surface area contributed by atoms with Gasteiger partial charge in [0.15, 0.2) is 0 Å². The van der Waals surface area contributed by atoms with Crippen LogP contribution < -0.4 is 10.2 Å². The average molecular weight is 516 g/mol. The minimum Gasteiger partial charge on any atom is -0.372 e. The maximum atomic E-state index is 14.2. The fraction of sp³-hybridized carbons (Fsp3) is 0.417. The van der Waals surface area contributed by atoms with Gasteiger partial charge in [0.05, 0.1) is 0 Å². The topological polar surface area (TPSA) is 47.9 Å². The maximum Gasteiger partial charge on any atom is 0.426 e. The number of piperidine rings is 1. The molecular formula is C24H23F7N4O. The number of amidine groups is 1. The Morgan fingerprint density at radius 2 is 1.47 bits per heavy atom. The van der Waals surface area contributed by atoms with Crippen LogP contribution in [0.4, 0.5) is 36.4 Å². The Kier molecular flexibility index (Phi) is 6.65. The molecule has 12 heteroatoms. The number of halogens is 7. The number of hydrogen-bond donors (Lipinski definition) is 1. The summed E-state index contributed by atoms with van der Waals surface area (Å²) in [6.45, 7) is 1.62. The highest BCUT2D eigenvalue weighted by molar-refractivity contribution is 6.02. The second-order valence-electron chi connectivity index (χ2n) is 8.79. The summed E-state index contributed by atoms with van der Waals surface area (Å²) in [5.41, 5.74) is -4.08. The van der Waals surface area contributed by atoms with Crippen molar-refractivity contribution in [2.45, 2.75) is 43.3 Å². The Balaban J connectivity index is 1.72. The number of anilines is 1. The van der Waals surface area contributed by atoms with Gasteiger partial charge in [-0.1, -0.05) is 0 Å². The highest BCUT2D eigenvalue weighted by Crippen LogP contribution is 2.52. The van der Waals surface area contributed by atoms with Crippen molar-refractivity contribution in [3.63, 3.8) is 0 Å². The van der Waals surface area contributed by atoms with Gasteiger partial charge in [-0.05, 0) is 67.8 Å². The molecular weight excluding hydrogens is 493 g/mol. The van der Waals surface area contributed by atoms with E-state index in [0.29, 0.717) is 4.90 Å². The van der Waals surface area contributed by atoms with Crippen molar-refractivity contribution in [2.75, 3.05) is 25.0 Å². The molecule has 1 saturated heterocycles. The van der Waals surface area contributed by atoms with Crippen molar-refractivity contribution < 1.29 is 35.5 Å². The average Bonchev–Trinajstić information content (AvgIpc) is 3.13. The standard InChI is InChI=1S/C24H23F7N4O/c1-34-19(15-7-11-18(12-8-15)35-13-3-2-4-14-35)33-22(23(26,27)28,24(29,30)31)21(34)32-20(36)16-5-9-17(25)10-6-16/h5-12,21H,2-4,13-14H2,1H3,(H,32,36). The summed E-state index contributed by atoms with van der Waals surface area (Å²) in [6, 6.07) is 9.77. The first-order valence-electron chi connectivity index (χ1n) is 11.2. The number of rotatable bonds is 4. The van der Waals surface area contributed by atoms with Crippen molar-refractivity contribution in [3.05, 3.63) is 65.5 Å².